The van der Waals surface area contributed by atoms with Crippen LogP contribution in [0.3, 0.4) is 0 Å². The predicted molar refractivity (Wildman–Crippen MR) is 79.1 cm³/mol. The number of rotatable bonds is 8. The van der Waals surface area contributed by atoms with Gasteiger partial charge in [0.2, 0.25) is 0 Å². The number of unbranched alkanes of at least 4 members (excludes halogenated alkanes) is 1. The second-order valence-electron chi connectivity index (χ2n) is 4.44. The van der Waals surface area contributed by atoms with Gasteiger partial charge in [0.05, 0.1) is 11.7 Å². The van der Waals surface area contributed by atoms with Crippen molar-refractivity contribution in [1.82, 2.24) is 0 Å². The van der Waals surface area contributed by atoms with Gasteiger partial charge in [-0.1, -0.05) is 45.4 Å². The molecule has 17 heavy (non-hydrogen) atoms. The molecule has 0 aliphatic carbocycles. The van der Waals surface area contributed by atoms with Crippen LogP contribution in [-0.4, -0.2) is 19.0 Å². The van der Waals surface area contributed by atoms with E-state index >= 15 is 0 Å². The molecule has 2 nitrogen and oxygen atoms in total. The molecule has 0 fully saturated rings. The molecule has 0 aromatic rings. The average Bonchev–Trinajstić information content (AvgIpc) is 2.29. The van der Waals surface area contributed by atoms with Crippen molar-refractivity contribution in [1.29, 1.82) is 0 Å². The molecule has 0 spiro atoms. The lowest BCUT2D eigenvalue weighted by atomic mass is 10.1. The van der Waals surface area contributed by atoms with Crippen LogP contribution in [0.5, 0.6) is 0 Å². The third-order valence-electron chi connectivity index (χ3n) is 2.32. The Balaban J connectivity index is 4.80. The largest absolute Gasteiger partial charge is 0.291 e. The van der Waals surface area contributed by atoms with Gasteiger partial charge in [-0.3, -0.25) is 9.98 Å². The maximum atomic E-state index is 4.55. The Morgan fingerprint density at radius 1 is 1.35 bits per heavy atom. The maximum Gasteiger partial charge on any atom is 0.0943 e. The SMILES string of the molecule is C=NC(C/C=C\C)/C(=C/C(C)C)N=CCCC. The summed E-state index contributed by atoms with van der Waals surface area (Å²) in [6.45, 7) is 12.2. The zero-order valence-corrected chi connectivity index (χ0v) is 11.7. The minimum Gasteiger partial charge on any atom is -0.291 e. The molecule has 0 aromatic carbocycles. The van der Waals surface area contributed by atoms with Crippen molar-refractivity contribution in [2.24, 2.45) is 15.9 Å². The molecule has 0 heterocycles. The molecule has 2 heteroatoms. The van der Waals surface area contributed by atoms with Crippen LogP contribution in [0.25, 0.3) is 0 Å². The third kappa shape index (κ3) is 7.67. The van der Waals surface area contributed by atoms with E-state index in [0.717, 1.165) is 25.0 Å². The molecule has 0 aromatic heterocycles. The Morgan fingerprint density at radius 2 is 2.06 bits per heavy atom. The highest BCUT2D eigenvalue weighted by molar-refractivity contribution is 5.59. The molecule has 0 amide bonds. The monoisotopic (exact) mass is 234 g/mol. The van der Waals surface area contributed by atoms with Crippen molar-refractivity contribution in [2.45, 2.75) is 53.0 Å². The molecular formula is C15H26N2. The molecule has 1 unspecified atom stereocenters. The Labute approximate surface area is 106 Å². The van der Waals surface area contributed by atoms with Crippen molar-refractivity contribution in [2.75, 3.05) is 0 Å². The molecular weight excluding hydrogens is 208 g/mol. The number of aliphatic imine (C=N–C) groups is 2. The number of hydrogen-bond donors (Lipinski definition) is 0. The van der Waals surface area contributed by atoms with Crippen LogP contribution in [0, 0.1) is 5.92 Å². The van der Waals surface area contributed by atoms with Crippen molar-refractivity contribution >= 4 is 12.9 Å². The Bertz CT molecular complexity index is 285. The van der Waals surface area contributed by atoms with E-state index in [-0.39, 0.29) is 6.04 Å². The zero-order chi connectivity index (χ0) is 13.1. The van der Waals surface area contributed by atoms with Crippen LogP contribution in [-0.2, 0) is 0 Å². The van der Waals surface area contributed by atoms with E-state index in [0.29, 0.717) is 5.92 Å². The summed E-state index contributed by atoms with van der Waals surface area (Å²) in [6.07, 6.45) is 11.3. The van der Waals surface area contributed by atoms with Crippen molar-refractivity contribution in [3.63, 3.8) is 0 Å². The molecule has 0 aliphatic rings. The van der Waals surface area contributed by atoms with E-state index < -0.39 is 0 Å². The average molecular weight is 234 g/mol. The van der Waals surface area contributed by atoms with Gasteiger partial charge in [0.25, 0.3) is 0 Å². The van der Waals surface area contributed by atoms with Gasteiger partial charge in [-0.15, -0.1) is 0 Å². The van der Waals surface area contributed by atoms with Crippen LogP contribution in [0.15, 0.2) is 33.9 Å². The smallest absolute Gasteiger partial charge is 0.0943 e. The fourth-order valence-corrected chi connectivity index (χ4v) is 1.43. The van der Waals surface area contributed by atoms with Gasteiger partial charge in [-0.25, -0.2) is 0 Å². The topological polar surface area (TPSA) is 24.7 Å². The first-order valence-electron chi connectivity index (χ1n) is 6.46. The van der Waals surface area contributed by atoms with Crippen molar-refractivity contribution in [3.05, 3.63) is 23.9 Å². The minimum absolute atomic E-state index is 0.0849. The Morgan fingerprint density at radius 3 is 2.53 bits per heavy atom. The molecule has 0 rings (SSSR count). The molecule has 96 valence electrons. The van der Waals surface area contributed by atoms with Crippen LogP contribution >= 0.6 is 0 Å². The van der Waals surface area contributed by atoms with Crippen LogP contribution in [0.1, 0.15) is 47.0 Å². The first kappa shape index (κ1) is 15.8. The lowest BCUT2D eigenvalue weighted by Crippen LogP contribution is -2.07. The minimum atomic E-state index is 0.0849. The van der Waals surface area contributed by atoms with Gasteiger partial charge >= 0.3 is 0 Å². The molecule has 0 saturated carbocycles. The first-order chi connectivity index (χ1) is 8.15. The summed E-state index contributed by atoms with van der Waals surface area (Å²) in [4.78, 5) is 8.72. The molecule has 0 bridgehead atoms. The lowest BCUT2D eigenvalue weighted by molar-refractivity contribution is 0.742. The Hall–Kier alpha value is -1.18. The zero-order valence-electron chi connectivity index (χ0n) is 11.7. The fourth-order valence-electron chi connectivity index (χ4n) is 1.43. The molecule has 1 atom stereocenters. The van der Waals surface area contributed by atoms with Crippen LogP contribution in [0.2, 0.25) is 0 Å². The number of allylic oxidation sites excluding steroid dienone is 2. The highest BCUT2D eigenvalue weighted by atomic mass is 14.9. The Kier molecular flexibility index (Phi) is 9.31. The number of nitrogens with zero attached hydrogens (tertiary/aromatic N) is 2. The van der Waals surface area contributed by atoms with Gasteiger partial charge in [0.15, 0.2) is 0 Å². The second-order valence-corrected chi connectivity index (χ2v) is 4.44. The van der Waals surface area contributed by atoms with Crippen molar-refractivity contribution < 1.29 is 0 Å². The van der Waals surface area contributed by atoms with E-state index in [2.05, 4.69) is 49.6 Å². The summed E-state index contributed by atoms with van der Waals surface area (Å²) in [5.41, 5.74) is 1.04. The summed E-state index contributed by atoms with van der Waals surface area (Å²) in [5.74, 6) is 0.485. The van der Waals surface area contributed by atoms with Gasteiger partial charge in [0.1, 0.15) is 0 Å². The second kappa shape index (κ2) is 10.0. The van der Waals surface area contributed by atoms with E-state index in [1.165, 1.54) is 0 Å². The van der Waals surface area contributed by atoms with Gasteiger partial charge < -0.3 is 0 Å². The van der Waals surface area contributed by atoms with E-state index in [9.17, 15) is 0 Å². The van der Waals surface area contributed by atoms with E-state index in [1.54, 1.807) is 0 Å². The summed E-state index contributed by atoms with van der Waals surface area (Å²) < 4.78 is 0. The van der Waals surface area contributed by atoms with E-state index in [4.69, 9.17) is 0 Å². The quantitative estimate of drug-likeness (QED) is 0.438. The van der Waals surface area contributed by atoms with Crippen LogP contribution < -0.4 is 0 Å². The van der Waals surface area contributed by atoms with Gasteiger partial charge in [-0.2, -0.15) is 0 Å². The fraction of sp³-hybridized carbons (Fsp3) is 0.600. The predicted octanol–water partition coefficient (Wildman–Crippen LogP) is 4.43. The highest BCUT2D eigenvalue weighted by Crippen LogP contribution is 2.15. The van der Waals surface area contributed by atoms with Gasteiger partial charge in [0, 0.05) is 6.21 Å². The standard InChI is InChI=1S/C15H26N2/c1-6-8-10-14(16-5)15(12-13(3)4)17-11-9-7-2/h6,8,11-14H,5,7,9-10H2,1-4H3/b8-6-,15-12-,17-11?. The lowest BCUT2D eigenvalue weighted by Gasteiger charge is -2.11. The molecule has 0 N–H and O–H groups in total. The first-order valence-corrected chi connectivity index (χ1v) is 6.46. The third-order valence-corrected chi connectivity index (χ3v) is 2.32. The van der Waals surface area contributed by atoms with Gasteiger partial charge in [-0.05, 0) is 32.4 Å². The molecule has 0 saturated heterocycles. The molecule has 0 radical (unpaired) electrons. The highest BCUT2D eigenvalue weighted by Gasteiger charge is 2.09. The summed E-state index contributed by atoms with van der Waals surface area (Å²) >= 11 is 0. The van der Waals surface area contributed by atoms with Crippen molar-refractivity contribution in [3.8, 4) is 0 Å². The summed E-state index contributed by atoms with van der Waals surface area (Å²) in [6, 6.07) is 0.0849. The molecule has 0 aliphatic heterocycles. The summed E-state index contributed by atoms with van der Waals surface area (Å²) in [7, 11) is 0. The van der Waals surface area contributed by atoms with Crippen LogP contribution in [0.4, 0.5) is 0 Å². The number of hydrogen-bond acceptors (Lipinski definition) is 2. The normalized spacial score (nSPS) is 15.0. The van der Waals surface area contributed by atoms with E-state index in [1.807, 2.05) is 19.2 Å². The summed E-state index contributed by atoms with van der Waals surface area (Å²) in [5, 5.41) is 0. The maximum absolute atomic E-state index is 4.55.